The van der Waals surface area contributed by atoms with Crippen molar-refractivity contribution in [2.45, 2.75) is 31.8 Å². The van der Waals surface area contributed by atoms with Crippen LogP contribution in [0.1, 0.15) is 25.3 Å². The first kappa shape index (κ1) is 24.3. The maximum absolute atomic E-state index is 14.3. The molecule has 4 rings (SSSR count). The highest BCUT2D eigenvalue weighted by atomic mass is 35.5. The van der Waals surface area contributed by atoms with Gasteiger partial charge < -0.3 is 21.3 Å². The van der Waals surface area contributed by atoms with E-state index in [-0.39, 0.29) is 17.1 Å². The van der Waals surface area contributed by atoms with E-state index in [4.69, 9.17) is 17.3 Å². The summed E-state index contributed by atoms with van der Waals surface area (Å²) in [6.45, 7) is 5.89. The Hall–Kier alpha value is -3.85. The van der Waals surface area contributed by atoms with Crippen LogP contribution in [0.15, 0.2) is 60.8 Å². The van der Waals surface area contributed by atoms with Gasteiger partial charge in [-0.15, -0.1) is 0 Å². The minimum Gasteiger partial charge on any atom is -0.351 e. The molecule has 182 valence electrons. The van der Waals surface area contributed by atoms with E-state index >= 15 is 0 Å². The third-order valence-corrected chi connectivity index (χ3v) is 6.66. The second-order valence-electron chi connectivity index (χ2n) is 8.49. The van der Waals surface area contributed by atoms with Crippen LogP contribution in [0, 0.1) is 5.82 Å². The maximum atomic E-state index is 14.3. The number of amides is 4. The minimum atomic E-state index is -1.32. The second-order valence-corrected chi connectivity index (χ2v) is 8.90. The van der Waals surface area contributed by atoms with Crippen LogP contribution in [-0.2, 0) is 11.3 Å². The highest BCUT2D eigenvalue weighted by molar-refractivity contribution is 6.30. The molecule has 0 unspecified atom stereocenters. The summed E-state index contributed by atoms with van der Waals surface area (Å²) >= 11 is 5.84. The summed E-state index contributed by atoms with van der Waals surface area (Å²) in [6, 6.07) is 10.3. The summed E-state index contributed by atoms with van der Waals surface area (Å²) in [6.07, 6.45) is 2.39. The molecule has 0 radical (unpaired) electrons. The number of carbonyl (C=O) groups is 3. The normalized spacial score (nSPS) is 17.4. The average molecular weight is 498 g/mol. The monoisotopic (exact) mass is 497 g/mol. The molecule has 35 heavy (non-hydrogen) atoms. The number of halogens is 2. The van der Waals surface area contributed by atoms with Gasteiger partial charge in [0.05, 0.1) is 16.2 Å². The van der Waals surface area contributed by atoms with Crippen LogP contribution in [0.3, 0.4) is 0 Å². The zero-order valence-corrected chi connectivity index (χ0v) is 19.9. The molecule has 1 saturated heterocycles. The van der Waals surface area contributed by atoms with Gasteiger partial charge in [-0.05, 0) is 37.5 Å². The lowest BCUT2D eigenvalue weighted by molar-refractivity contribution is -0.128. The number of hydrogen-bond donors (Lipinski definition) is 3. The number of aromatic nitrogens is 1. The smallest absolute Gasteiger partial charge is 0.323 e. The Kier molecular flexibility index (Phi) is 6.53. The molecule has 1 aromatic heterocycles. The number of nitrogens with zero attached hydrogens (tertiary/aromatic N) is 2. The summed E-state index contributed by atoms with van der Waals surface area (Å²) in [5.74, 6) is -1.07. The van der Waals surface area contributed by atoms with E-state index in [9.17, 15) is 18.8 Å². The number of primary amides is 1. The summed E-state index contributed by atoms with van der Waals surface area (Å²) in [7, 11) is 0. The van der Waals surface area contributed by atoms with Crippen LogP contribution in [0.25, 0.3) is 10.9 Å². The number of hydrogen-bond acceptors (Lipinski definition) is 3. The third kappa shape index (κ3) is 4.23. The standard InChI is InChI=1S/C25H25ClFN5O3/c1-15(2)25(22(33)29-13-16-7-5-9-18(26)21(16)27)11-6-12-32(25)24(35)30-19-14-31(23(28)34)20-10-4-3-8-17(19)20/h3-5,7-10,14H,1,6,11-13H2,2H3,(H2,28,34)(H,29,33)(H,30,35)/t25-/m1/s1. The average Bonchev–Trinajstić information content (AvgIpc) is 3.43. The number of para-hydroxylation sites is 1. The largest absolute Gasteiger partial charge is 0.351 e. The van der Waals surface area contributed by atoms with Gasteiger partial charge in [-0.3, -0.25) is 9.36 Å². The Morgan fingerprint density at radius 2 is 1.94 bits per heavy atom. The minimum absolute atomic E-state index is 0.0386. The van der Waals surface area contributed by atoms with E-state index in [2.05, 4.69) is 17.2 Å². The fourth-order valence-corrected chi connectivity index (χ4v) is 4.81. The molecule has 3 aromatic rings. The van der Waals surface area contributed by atoms with Crippen LogP contribution >= 0.6 is 11.6 Å². The molecule has 10 heteroatoms. The Bertz CT molecular complexity index is 1350. The van der Waals surface area contributed by atoms with Gasteiger partial charge in [0.25, 0.3) is 5.91 Å². The number of benzene rings is 2. The van der Waals surface area contributed by atoms with Gasteiger partial charge >= 0.3 is 12.1 Å². The van der Waals surface area contributed by atoms with Gasteiger partial charge in [-0.1, -0.05) is 48.5 Å². The zero-order valence-electron chi connectivity index (χ0n) is 19.1. The molecule has 1 aliphatic heterocycles. The van der Waals surface area contributed by atoms with Gasteiger partial charge in [-0.25, -0.2) is 14.0 Å². The van der Waals surface area contributed by atoms with Crippen molar-refractivity contribution in [2.75, 3.05) is 11.9 Å². The highest BCUT2D eigenvalue weighted by Gasteiger charge is 2.50. The van der Waals surface area contributed by atoms with Gasteiger partial charge in [0, 0.05) is 30.2 Å². The topological polar surface area (TPSA) is 109 Å². The molecule has 2 aromatic carbocycles. The van der Waals surface area contributed by atoms with E-state index in [0.717, 1.165) is 0 Å². The molecule has 0 aliphatic carbocycles. The van der Waals surface area contributed by atoms with Crippen LogP contribution in [-0.4, -0.2) is 39.5 Å². The molecule has 1 aliphatic rings. The molecular formula is C25H25ClFN5O3. The highest BCUT2D eigenvalue weighted by Crippen LogP contribution is 2.37. The molecule has 0 saturated carbocycles. The van der Waals surface area contributed by atoms with Gasteiger partial charge in [0.15, 0.2) is 0 Å². The van der Waals surface area contributed by atoms with Gasteiger partial charge in [0.1, 0.15) is 11.4 Å². The van der Waals surface area contributed by atoms with Gasteiger partial charge in [-0.2, -0.15) is 0 Å². The number of nitrogens with two attached hydrogens (primary N) is 1. The molecule has 4 N–H and O–H groups in total. The SMILES string of the molecule is C=C(C)[C@@]1(C(=O)NCc2cccc(Cl)c2F)CCCN1C(=O)Nc1cn(C(N)=O)c2ccccc12. The van der Waals surface area contributed by atoms with Crippen molar-refractivity contribution >= 4 is 46.2 Å². The predicted octanol–water partition coefficient (Wildman–Crippen LogP) is 4.62. The van der Waals surface area contributed by atoms with Crippen LogP contribution in [0.4, 0.5) is 19.7 Å². The lowest BCUT2D eigenvalue weighted by Crippen LogP contribution is -2.58. The molecule has 8 nitrogen and oxygen atoms in total. The summed E-state index contributed by atoms with van der Waals surface area (Å²) < 4.78 is 15.6. The summed E-state index contributed by atoms with van der Waals surface area (Å²) in [5.41, 5.74) is 5.79. The Balaban J connectivity index is 1.60. The Morgan fingerprint density at radius 3 is 2.66 bits per heavy atom. The molecule has 1 atom stereocenters. The Labute approximate surface area is 206 Å². The fraction of sp³-hybridized carbons (Fsp3) is 0.240. The lowest BCUT2D eigenvalue weighted by Gasteiger charge is -2.37. The van der Waals surface area contributed by atoms with E-state index in [1.165, 1.54) is 27.8 Å². The maximum Gasteiger partial charge on any atom is 0.323 e. The number of rotatable bonds is 5. The lowest BCUT2D eigenvalue weighted by atomic mass is 9.87. The number of likely N-dealkylation sites (tertiary alicyclic amines) is 1. The number of anilines is 1. The predicted molar refractivity (Wildman–Crippen MR) is 133 cm³/mol. The van der Waals surface area contributed by atoms with Crippen molar-refractivity contribution in [1.29, 1.82) is 0 Å². The fourth-order valence-electron chi connectivity index (χ4n) is 4.62. The first-order valence-electron chi connectivity index (χ1n) is 11.0. The van der Waals surface area contributed by atoms with Crippen molar-refractivity contribution in [1.82, 2.24) is 14.8 Å². The first-order valence-corrected chi connectivity index (χ1v) is 11.4. The molecule has 4 amide bonds. The van der Waals surface area contributed by atoms with Crippen molar-refractivity contribution in [3.8, 4) is 0 Å². The summed E-state index contributed by atoms with van der Waals surface area (Å²) in [5, 5.41) is 6.15. The van der Waals surface area contributed by atoms with Crippen molar-refractivity contribution in [2.24, 2.45) is 5.73 Å². The number of carbonyl (C=O) groups excluding carboxylic acids is 3. The quantitative estimate of drug-likeness (QED) is 0.447. The number of urea groups is 1. The second kappa shape index (κ2) is 9.42. The van der Waals surface area contributed by atoms with E-state index < -0.39 is 29.3 Å². The van der Waals surface area contributed by atoms with Gasteiger partial charge in [0.2, 0.25) is 0 Å². The molecule has 2 heterocycles. The first-order chi connectivity index (χ1) is 16.7. The molecule has 1 fully saturated rings. The number of fused-ring (bicyclic) bond motifs is 1. The Morgan fingerprint density at radius 1 is 1.20 bits per heavy atom. The van der Waals surface area contributed by atoms with Crippen molar-refractivity contribution in [3.63, 3.8) is 0 Å². The molecular weight excluding hydrogens is 473 g/mol. The van der Waals surface area contributed by atoms with Crippen molar-refractivity contribution < 1.29 is 18.8 Å². The third-order valence-electron chi connectivity index (χ3n) is 6.37. The van der Waals surface area contributed by atoms with Crippen LogP contribution in [0.2, 0.25) is 5.02 Å². The molecule has 0 bridgehead atoms. The number of nitrogens with one attached hydrogen (secondary N) is 2. The van der Waals surface area contributed by atoms with Crippen LogP contribution < -0.4 is 16.4 Å². The van der Waals surface area contributed by atoms with E-state index in [0.29, 0.717) is 41.5 Å². The van der Waals surface area contributed by atoms with E-state index in [1.54, 1.807) is 37.3 Å². The van der Waals surface area contributed by atoms with Crippen LogP contribution in [0.5, 0.6) is 0 Å². The van der Waals surface area contributed by atoms with Crippen molar-refractivity contribution in [3.05, 3.63) is 77.2 Å². The summed E-state index contributed by atoms with van der Waals surface area (Å²) in [4.78, 5) is 40.1. The molecule has 0 spiro atoms. The van der Waals surface area contributed by atoms with E-state index in [1.807, 2.05) is 0 Å². The zero-order chi connectivity index (χ0) is 25.3.